The van der Waals surface area contributed by atoms with E-state index in [4.69, 9.17) is 21.1 Å². The van der Waals surface area contributed by atoms with Crippen LogP contribution in [-0.2, 0) is 4.79 Å². The Balaban J connectivity index is 1.85. The lowest BCUT2D eigenvalue weighted by Gasteiger charge is -2.06. The van der Waals surface area contributed by atoms with Gasteiger partial charge in [-0.2, -0.15) is 5.10 Å². The first kappa shape index (κ1) is 17.6. The Kier molecular flexibility index (Phi) is 6.03. The predicted molar refractivity (Wildman–Crippen MR) is 92.1 cm³/mol. The van der Waals surface area contributed by atoms with E-state index < -0.39 is 5.91 Å². The van der Waals surface area contributed by atoms with Gasteiger partial charge >= 0.3 is 0 Å². The number of aryl methyl sites for hydroxylation is 1. The molecule has 24 heavy (non-hydrogen) atoms. The maximum atomic E-state index is 11.7. The molecule has 0 aliphatic carbocycles. The Morgan fingerprint density at radius 3 is 2.83 bits per heavy atom. The zero-order valence-corrected chi connectivity index (χ0v) is 14.0. The van der Waals surface area contributed by atoms with E-state index in [2.05, 4.69) is 10.5 Å². The van der Waals surface area contributed by atoms with Gasteiger partial charge in [0.2, 0.25) is 0 Å². The van der Waals surface area contributed by atoms with Crippen LogP contribution in [0.5, 0.6) is 17.2 Å². The number of benzene rings is 2. The van der Waals surface area contributed by atoms with Crippen molar-refractivity contribution in [1.29, 1.82) is 0 Å². The van der Waals surface area contributed by atoms with Crippen molar-refractivity contribution < 1.29 is 19.4 Å². The van der Waals surface area contributed by atoms with E-state index in [9.17, 15) is 9.90 Å². The first-order valence-electron chi connectivity index (χ1n) is 7.07. The number of rotatable bonds is 6. The van der Waals surface area contributed by atoms with Crippen LogP contribution in [0.1, 0.15) is 11.1 Å². The molecule has 0 unspecified atom stereocenters. The fraction of sp³-hybridized carbons (Fsp3) is 0.176. The van der Waals surface area contributed by atoms with Crippen LogP contribution in [0, 0.1) is 6.92 Å². The number of hydrogen-bond acceptors (Lipinski definition) is 5. The summed E-state index contributed by atoms with van der Waals surface area (Å²) >= 11 is 5.92. The van der Waals surface area contributed by atoms with Crippen LogP contribution < -0.4 is 14.9 Å². The molecule has 0 atom stereocenters. The summed E-state index contributed by atoms with van der Waals surface area (Å²) in [5, 5.41) is 14.0. The van der Waals surface area contributed by atoms with Crippen LogP contribution in [0.3, 0.4) is 0 Å². The third-order valence-corrected chi connectivity index (χ3v) is 3.53. The van der Waals surface area contributed by atoms with E-state index in [1.165, 1.54) is 19.4 Å². The molecule has 126 valence electrons. The topological polar surface area (TPSA) is 80.2 Å². The lowest BCUT2D eigenvalue weighted by Crippen LogP contribution is -2.24. The van der Waals surface area contributed by atoms with Crippen molar-refractivity contribution in [2.45, 2.75) is 6.92 Å². The number of hydrazone groups is 1. The van der Waals surface area contributed by atoms with E-state index in [0.29, 0.717) is 22.1 Å². The van der Waals surface area contributed by atoms with Gasteiger partial charge in [-0.15, -0.1) is 0 Å². The highest BCUT2D eigenvalue weighted by molar-refractivity contribution is 6.31. The van der Waals surface area contributed by atoms with Crippen molar-refractivity contribution in [1.82, 2.24) is 5.43 Å². The van der Waals surface area contributed by atoms with E-state index in [-0.39, 0.29) is 12.4 Å². The van der Waals surface area contributed by atoms with Gasteiger partial charge in [0.25, 0.3) is 5.91 Å². The Bertz CT molecular complexity index is 762. The Morgan fingerprint density at radius 1 is 1.33 bits per heavy atom. The number of methoxy groups -OCH3 is 1. The normalized spacial score (nSPS) is 10.6. The number of ether oxygens (including phenoxy) is 2. The molecule has 0 heterocycles. The van der Waals surface area contributed by atoms with E-state index in [0.717, 1.165) is 5.56 Å². The van der Waals surface area contributed by atoms with Gasteiger partial charge < -0.3 is 14.6 Å². The largest absolute Gasteiger partial charge is 0.504 e. The SMILES string of the molecule is COc1cc(/C=N/NC(=O)COc2ccc(Cl)c(C)c2)ccc1O. The molecule has 0 aliphatic rings. The highest BCUT2D eigenvalue weighted by Gasteiger charge is 2.04. The highest BCUT2D eigenvalue weighted by Crippen LogP contribution is 2.25. The van der Waals surface area contributed by atoms with Crippen molar-refractivity contribution >= 4 is 23.7 Å². The number of amides is 1. The molecule has 2 aromatic carbocycles. The summed E-state index contributed by atoms with van der Waals surface area (Å²) in [5.74, 6) is 0.515. The molecule has 2 N–H and O–H groups in total. The minimum Gasteiger partial charge on any atom is -0.504 e. The Labute approximate surface area is 144 Å². The van der Waals surface area contributed by atoms with Gasteiger partial charge in [-0.3, -0.25) is 4.79 Å². The van der Waals surface area contributed by atoms with E-state index in [1.54, 1.807) is 30.3 Å². The summed E-state index contributed by atoms with van der Waals surface area (Å²) in [7, 11) is 1.45. The number of carbonyl (C=O) groups excluding carboxylic acids is 1. The van der Waals surface area contributed by atoms with Crippen LogP contribution in [0.25, 0.3) is 0 Å². The Hall–Kier alpha value is -2.73. The van der Waals surface area contributed by atoms with Crippen molar-refractivity contribution in [3.8, 4) is 17.2 Å². The van der Waals surface area contributed by atoms with Crippen molar-refractivity contribution in [2.24, 2.45) is 5.10 Å². The van der Waals surface area contributed by atoms with Crippen molar-refractivity contribution in [2.75, 3.05) is 13.7 Å². The second kappa shape index (κ2) is 8.21. The Morgan fingerprint density at radius 2 is 2.12 bits per heavy atom. The molecule has 2 aromatic rings. The molecule has 0 saturated heterocycles. The average molecular weight is 349 g/mol. The molecule has 7 heteroatoms. The number of phenols is 1. The van der Waals surface area contributed by atoms with Crippen LogP contribution in [0.4, 0.5) is 0 Å². The number of phenolic OH excluding ortho intramolecular Hbond substituents is 1. The predicted octanol–water partition coefficient (Wildman–Crippen LogP) is 2.89. The van der Waals surface area contributed by atoms with Gasteiger partial charge in [0.15, 0.2) is 18.1 Å². The third kappa shape index (κ3) is 4.89. The maximum Gasteiger partial charge on any atom is 0.277 e. The molecule has 0 radical (unpaired) electrons. The van der Waals surface area contributed by atoms with E-state index in [1.807, 2.05) is 6.92 Å². The quantitative estimate of drug-likeness (QED) is 0.621. The van der Waals surface area contributed by atoms with Gasteiger partial charge in [-0.1, -0.05) is 11.6 Å². The monoisotopic (exact) mass is 348 g/mol. The minimum absolute atomic E-state index is 0.0327. The number of hydrogen-bond donors (Lipinski definition) is 2. The lowest BCUT2D eigenvalue weighted by atomic mass is 10.2. The summed E-state index contributed by atoms with van der Waals surface area (Å²) in [6.07, 6.45) is 1.44. The summed E-state index contributed by atoms with van der Waals surface area (Å²) in [5.41, 5.74) is 3.89. The number of aromatic hydroxyl groups is 1. The minimum atomic E-state index is -0.399. The molecule has 0 fully saturated rings. The zero-order valence-electron chi connectivity index (χ0n) is 13.2. The molecule has 0 saturated carbocycles. The van der Waals surface area contributed by atoms with Crippen molar-refractivity contribution in [3.63, 3.8) is 0 Å². The highest BCUT2D eigenvalue weighted by atomic mass is 35.5. The number of carbonyl (C=O) groups is 1. The van der Waals surface area contributed by atoms with Gasteiger partial charge in [-0.05, 0) is 54.4 Å². The molecule has 0 aromatic heterocycles. The molecule has 2 rings (SSSR count). The third-order valence-electron chi connectivity index (χ3n) is 3.11. The lowest BCUT2D eigenvalue weighted by molar-refractivity contribution is -0.123. The molecule has 0 spiro atoms. The number of nitrogens with zero attached hydrogens (tertiary/aromatic N) is 1. The number of nitrogens with one attached hydrogen (secondary N) is 1. The summed E-state index contributed by atoms with van der Waals surface area (Å²) in [4.78, 5) is 11.7. The van der Waals surface area contributed by atoms with Crippen LogP contribution in [0.2, 0.25) is 5.02 Å². The zero-order chi connectivity index (χ0) is 17.5. The molecular formula is C17H17ClN2O4. The first-order valence-corrected chi connectivity index (χ1v) is 7.45. The van der Waals surface area contributed by atoms with Crippen LogP contribution >= 0.6 is 11.6 Å². The molecule has 6 nitrogen and oxygen atoms in total. The van der Waals surface area contributed by atoms with Gasteiger partial charge in [0.1, 0.15) is 5.75 Å². The standard InChI is InChI=1S/C17H17ClN2O4/c1-11-7-13(4-5-14(11)18)24-10-17(22)20-19-9-12-3-6-15(21)16(8-12)23-2/h3-9,21H,10H2,1-2H3,(H,20,22)/b19-9+. The van der Waals surface area contributed by atoms with Gasteiger partial charge in [0.05, 0.1) is 13.3 Å². The summed E-state index contributed by atoms with van der Waals surface area (Å²) in [6.45, 7) is 1.68. The first-order chi connectivity index (χ1) is 11.5. The van der Waals surface area contributed by atoms with Crippen molar-refractivity contribution in [3.05, 3.63) is 52.5 Å². The van der Waals surface area contributed by atoms with Crippen LogP contribution in [0.15, 0.2) is 41.5 Å². The van der Waals surface area contributed by atoms with Gasteiger partial charge in [0, 0.05) is 5.02 Å². The van der Waals surface area contributed by atoms with Crippen LogP contribution in [-0.4, -0.2) is 30.9 Å². The molecule has 1 amide bonds. The average Bonchev–Trinajstić information content (AvgIpc) is 2.57. The summed E-state index contributed by atoms with van der Waals surface area (Å²) < 4.78 is 10.4. The molecular weight excluding hydrogens is 332 g/mol. The second-order valence-corrected chi connectivity index (χ2v) is 5.33. The molecule has 0 aliphatic heterocycles. The second-order valence-electron chi connectivity index (χ2n) is 4.92. The smallest absolute Gasteiger partial charge is 0.277 e. The van der Waals surface area contributed by atoms with E-state index >= 15 is 0 Å². The van der Waals surface area contributed by atoms with Gasteiger partial charge in [-0.25, -0.2) is 5.43 Å². The molecule has 0 bridgehead atoms. The fourth-order valence-electron chi connectivity index (χ4n) is 1.84. The summed E-state index contributed by atoms with van der Waals surface area (Å²) in [6, 6.07) is 9.86. The maximum absolute atomic E-state index is 11.7. The number of halogens is 1. The fourth-order valence-corrected chi connectivity index (χ4v) is 1.96.